The van der Waals surface area contributed by atoms with Gasteiger partial charge in [0.1, 0.15) is 43.4 Å². The number of benzene rings is 2. The molecule has 0 saturated carbocycles. The first-order chi connectivity index (χ1) is 12.7. The van der Waals surface area contributed by atoms with Crippen molar-refractivity contribution in [2.75, 3.05) is 6.61 Å². The lowest BCUT2D eigenvalue weighted by Crippen LogP contribution is -2.31. The van der Waals surface area contributed by atoms with Gasteiger partial charge in [0, 0.05) is 21.2 Å². The summed E-state index contributed by atoms with van der Waals surface area (Å²) < 4.78 is 7.53. The minimum Gasteiger partial charge on any atom is -0.490 e. The number of aromatic nitrogens is 3. The Morgan fingerprint density at radius 2 is 2.12 bits per heavy atom. The van der Waals surface area contributed by atoms with Crippen LogP contribution in [-0.4, -0.2) is 27.1 Å². The standard InChI is InChI=1S/C18H14Cl2N4O2/c19-13-6-5-12(15(20)7-13)8-26-23-18-14-3-1-2-4-17(14)25-9-16(18)24-11-21-10-22-24/h1-7,10-11,16H,8-9H2/b23-18-. The molecule has 8 heteroatoms. The fraction of sp³-hybridized carbons (Fsp3) is 0.167. The molecule has 6 nitrogen and oxygen atoms in total. The van der Waals surface area contributed by atoms with E-state index in [1.165, 1.54) is 6.33 Å². The number of nitrogens with zero attached hydrogens (tertiary/aromatic N) is 4. The van der Waals surface area contributed by atoms with Crippen LogP contribution in [0.3, 0.4) is 0 Å². The predicted molar refractivity (Wildman–Crippen MR) is 98.8 cm³/mol. The molecule has 2 aromatic carbocycles. The number of halogens is 2. The molecule has 0 radical (unpaired) electrons. The average molecular weight is 389 g/mol. The van der Waals surface area contributed by atoms with Gasteiger partial charge in [-0.2, -0.15) is 5.10 Å². The van der Waals surface area contributed by atoms with E-state index in [-0.39, 0.29) is 12.6 Å². The highest BCUT2D eigenvalue weighted by atomic mass is 35.5. The molecule has 3 aromatic rings. The monoisotopic (exact) mass is 388 g/mol. The number of fused-ring (bicyclic) bond motifs is 1. The summed E-state index contributed by atoms with van der Waals surface area (Å²) in [6, 6.07) is 12.7. The van der Waals surface area contributed by atoms with Crippen LogP contribution in [-0.2, 0) is 11.4 Å². The summed E-state index contributed by atoms with van der Waals surface area (Å²) in [6.07, 6.45) is 3.11. The normalized spacial score (nSPS) is 17.6. The molecular weight excluding hydrogens is 375 g/mol. The first-order valence-corrected chi connectivity index (χ1v) is 8.68. The Morgan fingerprint density at radius 1 is 1.23 bits per heavy atom. The van der Waals surface area contributed by atoms with Crippen molar-refractivity contribution in [1.29, 1.82) is 0 Å². The first kappa shape index (κ1) is 16.9. The van der Waals surface area contributed by atoms with E-state index < -0.39 is 0 Å². The first-order valence-electron chi connectivity index (χ1n) is 7.92. The van der Waals surface area contributed by atoms with Crippen molar-refractivity contribution < 1.29 is 9.57 Å². The second-order valence-electron chi connectivity index (χ2n) is 5.68. The molecule has 0 saturated heterocycles. The Balaban J connectivity index is 1.62. The quantitative estimate of drug-likeness (QED) is 0.630. The van der Waals surface area contributed by atoms with Crippen LogP contribution < -0.4 is 4.74 Å². The molecule has 0 fully saturated rings. The molecule has 1 aliphatic heterocycles. The molecule has 0 spiro atoms. The van der Waals surface area contributed by atoms with E-state index in [0.29, 0.717) is 16.7 Å². The van der Waals surface area contributed by atoms with Gasteiger partial charge in [0.25, 0.3) is 0 Å². The Kier molecular flexibility index (Phi) is 4.77. The molecule has 26 heavy (non-hydrogen) atoms. The third-order valence-corrected chi connectivity index (χ3v) is 4.62. The third kappa shape index (κ3) is 3.38. The number of rotatable bonds is 4. The van der Waals surface area contributed by atoms with Gasteiger partial charge in [0.05, 0.1) is 0 Å². The van der Waals surface area contributed by atoms with Gasteiger partial charge in [-0.25, -0.2) is 9.67 Å². The highest BCUT2D eigenvalue weighted by Crippen LogP contribution is 2.30. The van der Waals surface area contributed by atoms with Crippen LogP contribution in [0.1, 0.15) is 17.2 Å². The maximum atomic E-state index is 6.19. The molecule has 1 atom stereocenters. The van der Waals surface area contributed by atoms with Crippen LogP contribution in [0.4, 0.5) is 0 Å². The van der Waals surface area contributed by atoms with E-state index in [9.17, 15) is 0 Å². The lowest BCUT2D eigenvalue weighted by molar-refractivity contribution is 0.127. The predicted octanol–water partition coefficient (Wildman–Crippen LogP) is 4.14. The molecular formula is C18H14Cl2N4O2. The van der Waals surface area contributed by atoms with Crippen molar-refractivity contribution in [3.05, 3.63) is 76.3 Å². The molecule has 1 unspecified atom stereocenters. The third-order valence-electron chi connectivity index (χ3n) is 4.03. The van der Waals surface area contributed by atoms with Crippen LogP contribution in [0, 0.1) is 0 Å². The van der Waals surface area contributed by atoms with Crippen molar-refractivity contribution in [2.45, 2.75) is 12.6 Å². The molecule has 0 bridgehead atoms. The van der Waals surface area contributed by atoms with E-state index in [1.54, 1.807) is 23.1 Å². The summed E-state index contributed by atoms with van der Waals surface area (Å²) in [5, 5.41) is 9.70. The molecule has 0 N–H and O–H groups in total. The Hall–Kier alpha value is -2.57. The summed E-state index contributed by atoms with van der Waals surface area (Å²) >= 11 is 12.1. The molecule has 0 aliphatic carbocycles. The largest absolute Gasteiger partial charge is 0.490 e. The Morgan fingerprint density at radius 3 is 2.92 bits per heavy atom. The van der Waals surface area contributed by atoms with Gasteiger partial charge in [0.2, 0.25) is 0 Å². The smallest absolute Gasteiger partial charge is 0.143 e. The molecule has 1 aliphatic rings. The van der Waals surface area contributed by atoms with Crippen molar-refractivity contribution in [2.24, 2.45) is 5.16 Å². The zero-order valence-corrected chi connectivity index (χ0v) is 15.1. The van der Waals surface area contributed by atoms with Gasteiger partial charge in [-0.1, -0.05) is 46.6 Å². The van der Waals surface area contributed by atoms with Gasteiger partial charge in [0.15, 0.2) is 0 Å². The maximum Gasteiger partial charge on any atom is 0.143 e. The highest BCUT2D eigenvalue weighted by molar-refractivity contribution is 6.35. The molecule has 132 valence electrons. The number of para-hydroxylation sites is 1. The van der Waals surface area contributed by atoms with Crippen LogP contribution >= 0.6 is 23.2 Å². The lowest BCUT2D eigenvalue weighted by atomic mass is 10.0. The Labute approximate surface area is 160 Å². The van der Waals surface area contributed by atoms with Gasteiger partial charge in [-0.3, -0.25) is 0 Å². The van der Waals surface area contributed by atoms with Crippen molar-refractivity contribution in [3.8, 4) is 5.75 Å². The van der Waals surface area contributed by atoms with Crippen LogP contribution in [0.25, 0.3) is 0 Å². The lowest BCUT2D eigenvalue weighted by Gasteiger charge is -2.26. The van der Waals surface area contributed by atoms with Crippen molar-refractivity contribution in [1.82, 2.24) is 14.8 Å². The van der Waals surface area contributed by atoms with Gasteiger partial charge >= 0.3 is 0 Å². The van der Waals surface area contributed by atoms with Crippen molar-refractivity contribution in [3.63, 3.8) is 0 Å². The van der Waals surface area contributed by atoms with E-state index in [0.717, 1.165) is 22.6 Å². The van der Waals surface area contributed by atoms with Crippen LogP contribution in [0.15, 0.2) is 60.3 Å². The molecule has 1 aromatic heterocycles. The fourth-order valence-corrected chi connectivity index (χ4v) is 3.19. The molecule has 0 amide bonds. The summed E-state index contributed by atoms with van der Waals surface area (Å²) in [6.45, 7) is 0.622. The van der Waals surface area contributed by atoms with Crippen LogP contribution in [0.2, 0.25) is 10.0 Å². The average Bonchev–Trinajstić information content (AvgIpc) is 3.18. The minimum atomic E-state index is -0.229. The van der Waals surface area contributed by atoms with E-state index in [1.807, 2.05) is 30.3 Å². The topological polar surface area (TPSA) is 61.5 Å². The SMILES string of the molecule is Clc1ccc(CO/N=C2/c3ccccc3OCC2n2cncn2)c(Cl)c1. The second kappa shape index (κ2) is 7.35. The number of oxime groups is 1. The van der Waals surface area contributed by atoms with Crippen molar-refractivity contribution >= 4 is 28.9 Å². The zero-order chi connectivity index (χ0) is 17.9. The highest BCUT2D eigenvalue weighted by Gasteiger charge is 2.29. The van der Waals surface area contributed by atoms with Gasteiger partial charge < -0.3 is 9.57 Å². The zero-order valence-electron chi connectivity index (χ0n) is 13.5. The summed E-state index contributed by atoms with van der Waals surface area (Å²) in [4.78, 5) is 9.61. The maximum absolute atomic E-state index is 6.19. The van der Waals surface area contributed by atoms with E-state index >= 15 is 0 Å². The number of hydrogen-bond acceptors (Lipinski definition) is 5. The fourth-order valence-electron chi connectivity index (χ4n) is 2.73. The number of hydrogen-bond donors (Lipinski definition) is 0. The van der Waals surface area contributed by atoms with E-state index in [2.05, 4.69) is 15.2 Å². The number of ether oxygens (including phenoxy) is 1. The molecule has 4 rings (SSSR count). The summed E-state index contributed by atoms with van der Waals surface area (Å²) in [5.41, 5.74) is 2.39. The van der Waals surface area contributed by atoms with Crippen LogP contribution in [0.5, 0.6) is 5.75 Å². The summed E-state index contributed by atoms with van der Waals surface area (Å²) in [7, 11) is 0. The minimum absolute atomic E-state index is 0.229. The van der Waals surface area contributed by atoms with E-state index in [4.69, 9.17) is 32.8 Å². The van der Waals surface area contributed by atoms with Gasteiger partial charge in [-0.15, -0.1) is 0 Å². The van der Waals surface area contributed by atoms with Gasteiger partial charge in [-0.05, 0) is 24.3 Å². The summed E-state index contributed by atoms with van der Waals surface area (Å²) in [5.74, 6) is 0.760. The Bertz CT molecular complexity index is 944. The second-order valence-corrected chi connectivity index (χ2v) is 6.53. The molecule has 2 heterocycles.